The highest BCUT2D eigenvalue weighted by atomic mass is 32.1. The fraction of sp³-hybridized carbons (Fsp3) is 0.235. The molecule has 1 N–H and O–H groups in total. The Morgan fingerprint density at radius 3 is 2.70 bits per heavy atom. The number of fused-ring (bicyclic) bond motifs is 1. The Labute approximate surface area is 160 Å². The van der Waals surface area contributed by atoms with Gasteiger partial charge in [0.05, 0.1) is 19.4 Å². The monoisotopic (exact) mass is 381 g/mol. The first-order valence-electron chi connectivity index (χ1n) is 8.24. The molecule has 4 rings (SSSR count). The molecule has 1 amide bonds. The molecule has 0 aliphatic carbocycles. The molecule has 27 heavy (non-hydrogen) atoms. The van der Waals surface area contributed by atoms with Gasteiger partial charge in [0.15, 0.2) is 17.2 Å². The molecule has 1 fully saturated rings. The van der Waals surface area contributed by atoms with Crippen LogP contribution in [0.2, 0.25) is 0 Å². The van der Waals surface area contributed by atoms with Gasteiger partial charge in [-0.15, -0.1) is 17.7 Å². The summed E-state index contributed by atoms with van der Waals surface area (Å²) in [6.07, 6.45) is 1.42. The number of carbonyl (C=O) groups excluding carboxylic acids is 1. The minimum atomic E-state index is -0.0150. The van der Waals surface area contributed by atoms with Gasteiger partial charge in [-0.05, 0) is 24.3 Å². The summed E-state index contributed by atoms with van der Waals surface area (Å²) in [5.74, 6) is 0.405. The minimum Gasteiger partial charge on any atom is -0.378 e. The zero-order valence-corrected chi connectivity index (χ0v) is 15.1. The molecule has 10 heteroatoms. The van der Waals surface area contributed by atoms with Gasteiger partial charge < -0.3 is 15.0 Å². The van der Waals surface area contributed by atoms with E-state index < -0.39 is 0 Å². The maximum Gasteiger partial charge on any atom is 0.254 e. The van der Waals surface area contributed by atoms with Crippen LogP contribution < -0.4 is 5.32 Å². The highest BCUT2D eigenvalue weighted by Crippen LogP contribution is 2.21. The molecule has 136 valence electrons. The van der Waals surface area contributed by atoms with Gasteiger partial charge in [-0.3, -0.25) is 4.79 Å². The van der Waals surface area contributed by atoms with E-state index in [0.717, 1.165) is 5.69 Å². The molecule has 9 nitrogen and oxygen atoms in total. The fourth-order valence-electron chi connectivity index (χ4n) is 2.81. The van der Waals surface area contributed by atoms with Crippen molar-refractivity contribution < 1.29 is 9.53 Å². The van der Waals surface area contributed by atoms with Gasteiger partial charge in [-0.25, -0.2) is 4.98 Å². The summed E-state index contributed by atoms with van der Waals surface area (Å²) < 4.78 is 6.66. The summed E-state index contributed by atoms with van der Waals surface area (Å²) >= 11 is 4.18. The first-order valence-corrected chi connectivity index (χ1v) is 8.69. The van der Waals surface area contributed by atoms with Crippen molar-refractivity contribution in [1.29, 1.82) is 5.26 Å². The van der Waals surface area contributed by atoms with E-state index in [1.807, 2.05) is 6.07 Å². The number of rotatable bonds is 3. The predicted octanol–water partition coefficient (Wildman–Crippen LogP) is 1.50. The van der Waals surface area contributed by atoms with E-state index in [9.17, 15) is 4.79 Å². The van der Waals surface area contributed by atoms with E-state index >= 15 is 0 Å². The summed E-state index contributed by atoms with van der Waals surface area (Å²) in [7, 11) is 0. The Morgan fingerprint density at radius 2 is 2.00 bits per heavy atom. The number of morpholine rings is 1. The van der Waals surface area contributed by atoms with Gasteiger partial charge in [0.25, 0.3) is 5.91 Å². The normalized spacial score (nSPS) is 14.1. The number of nitrogens with one attached hydrogen (secondary N) is 1. The fourth-order valence-corrected chi connectivity index (χ4v) is 3.00. The van der Waals surface area contributed by atoms with Crippen LogP contribution in [0.15, 0.2) is 35.6 Å². The first-order chi connectivity index (χ1) is 13.2. The van der Waals surface area contributed by atoms with Crippen molar-refractivity contribution in [1.82, 2.24) is 24.5 Å². The zero-order valence-electron chi connectivity index (χ0n) is 14.2. The molecule has 2 aromatic heterocycles. The minimum absolute atomic E-state index is 0.0150. The quantitative estimate of drug-likeness (QED) is 0.662. The van der Waals surface area contributed by atoms with Crippen LogP contribution in [0.4, 0.5) is 11.5 Å². The third kappa shape index (κ3) is 3.42. The highest BCUT2D eigenvalue weighted by molar-refractivity contribution is 7.80. The van der Waals surface area contributed by atoms with E-state index in [-0.39, 0.29) is 16.8 Å². The maximum absolute atomic E-state index is 12.5. The molecule has 0 radical (unpaired) electrons. The van der Waals surface area contributed by atoms with Crippen LogP contribution in [-0.2, 0) is 4.74 Å². The number of ether oxygens (including phenoxy) is 1. The Hall–Kier alpha value is -3.16. The van der Waals surface area contributed by atoms with Crippen LogP contribution in [-0.4, -0.2) is 56.7 Å². The van der Waals surface area contributed by atoms with Crippen molar-refractivity contribution in [2.45, 2.75) is 5.16 Å². The molecule has 0 saturated carbocycles. The molecule has 1 aliphatic rings. The lowest BCUT2D eigenvalue weighted by molar-refractivity contribution is 0.0303. The number of benzene rings is 1. The number of nitriles is 1. The van der Waals surface area contributed by atoms with E-state index in [1.165, 1.54) is 10.7 Å². The van der Waals surface area contributed by atoms with Crippen molar-refractivity contribution in [3.63, 3.8) is 0 Å². The molecule has 0 atom stereocenters. The molecule has 0 unspecified atom stereocenters. The molecule has 1 aromatic carbocycles. The molecule has 3 heterocycles. The number of nitrogens with zero attached hydrogens (tertiary/aromatic N) is 6. The van der Waals surface area contributed by atoms with Gasteiger partial charge in [0, 0.05) is 24.3 Å². The Morgan fingerprint density at radius 1 is 1.26 bits per heavy atom. The van der Waals surface area contributed by atoms with Crippen LogP contribution in [0.5, 0.6) is 0 Å². The number of amides is 1. The molecule has 0 bridgehead atoms. The molecule has 3 aromatic rings. The van der Waals surface area contributed by atoms with Gasteiger partial charge in [0.1, 0.15) is 6.07 Å². The van der Waals surface area contributed by atoms with E-state index in [0.29, 0.717) is 43.3 Å². The largest absolute Gasteiger partial charge is 0.378 e. The molecule has 0 spiro atoms. The van der Waals surface area contributed by atoms with Crippen molar-refractivity contribution in [2.75, 3.05) is 31.6 Å². The summed E-state index contributed by atoms with van der Waals surface area (Å²) in [5.41, 5.74) is 2.04. The van der Waals surface area contributed by atoms with Crippen LogP contribution in [0.3, 0.4) is 0 Å². The number of aromatic nitrogens is 4. The zero-order chi connectivity index (χ0) is 18.8. The standard InChI is InChI=1S/C17H15N7O2S/c18-9-13-10-19-15-14(21-17(27)22-24(13)15)20-12-3-1-11(2-4-12)16(25)23-5-7-26-8-6-23/h1-4,10H,5-8H2,(H2,20,21,22,27). The highest BCUT2D eigenvalue weighted by Gasteiger charge is 2.18. The number of hydrogen-bond donors (Lipinski definition) is 2. The van der Waals surface area contributed by atoms with E-state index in [1.54, 1.807) is 29.2 Å². The predicted molar refractivity (Wildman–Crippen MR) is 99.2 cm³/mol. The first kappa shape index (κ1) is 17.3. The average Bonchev–Trinajstić information content (AvgIpc) is 3.11. The molecule has 1 saturated heterocycles. The lowest BCUT2D eigenvalue weighted by Crippen LogP contribution is -2.40. The van der Waals surface area contributed by atoms with Gasteiger partial charge in [-0.1, -0.05) is 0 Å². The van der Waals surface area contributed by atoms with Crippen LogP contribution >= 0.6 is 12.6 Å². The second-order valence-corrected chi connectivity index (χ2v) is 6.26. The Kier molecular flexibility index (Phi) is 4.62. The van der Waals surface area contributed by atoms with Crippen molar-refractivity contribution in [3.8, 4) is 6.07 Å². The number of imidazole rings is 1. The number of thiol groups is 1. The van der Waals surface area contributed by atoms with Crippen LogP contribution in [0, 0.1) is 11.3 Å². The second-order valence-electron chi connectivity index (χ2n) is 5.86. The van der Waals surface area contributed by atoms with Gasteiger partial charge in [-0.2, -0.15) is 14.8 Å². The number of carbonyl (C=O) groups is 1. The number of anilines is 2. The molecule has 1 aliphatic heterocycles. The SMILES string of the molecule is N#Cc1cnc2c(Nc3ccc(C(=O)N4CCOCC4)cc3)nc(S)nn12. The summed E-state index contributed by atoms with van der Waals surface area (Å²) in [6, 6.07) is 9.11. The van der Waals surface area contributed by atoms with Gasteiger partial charge >= 0.3 is 0 Å². The van der Waals surface area contributed by atoms with Crippen molar-refractivity contribution in [2.24, 2.45) is 0 Å². The van der Waals surface area contributed by atoms with Crippen molar-refractivity contribution >= 4 is 35.7 Å². The Bertz CT molecular complexity index is 1040. The average molecular weight is 381 g/mol. The summed E-state index contributed by atoms with van der Waals surface area (Å²) in [4.78, 5) is 22.7. The lowest BCUT2D eigenvalue weighted by Gasteiger charge is -2.26. The third-order valence-corrected chi connectivity index (χ3v) is 4.35. The molecular weight excluding hydrogens is 366 g/mol. The van der Waals surface area contributed by atoms with E-state index in [4.69, 9.17) is 10.00 Å². The maximum atomic E-state index is 12.5. The third-order valence-electron chi connectivity index (χ3n) is 4.16. The van der Waals surface area contributed by atoms with Crippen LogP contribution in [0.1, 0.15) is 16.1 Å². The summed E-state index contributed by atoms with van der Waals surface area (Å²) in [5, 5.41) is 16.5. The topological polar surface area (TPSA) is 108 Å². The molecular formula is C17H15N7O2S. The lowest BCUT2D eigenvalue weighted by atomic mass is 10.1. The van der Waals surface area contributed by atoms with Crippen molar-refractivity contribution in [3.05, 3.63) is 41.7 Å². The Balaban J connectivity index is 1.57. The summed E-state index contributed by atoms with van der Waals surface area (Å²) in [6.45, 7) is 2.33. The smallest absolute Gasteiger partial charge is 0.254 e. The number of hydrogen-bond acceptors (Lipinski definition) is 8. The van der Waals surface area contributed by atoms with E-state index in [2.05, 4.69) is 33.0 Å². The second kappa shape index (κ2) is 7.22. The van der Waals surface area contributed by atoms with Crippen LogP contribution in [0.25, 0.3) is 5.65 Å². The van der Waals surface area contributed by atoms with Gasteiger partial charge in [0.2, 0.25) is 5.16 Å².